The number of carbonyl (C=O) groups excluding carboxylic acids is 1. The van der Waals surface area contributed by atoms with Gasteiger partial charge in [-0.05, 0) is 55.4 Å². The van der Waals surface area contributed by atoms with Crippen LogP contribution in [-0.4, -0.2) is 38.3 Å². The number of fused-ring (bicyclic) bond motifs is 1. The summed E-state index contributed by atoms with van der Waals surface area (Å²) >= 11 is 0. The second-order valence-corrected chi connectivity index (χ2v) is 9.64. The maximum Gasteiger partial charge on any atom is 0.243 e. The monoisotopic (exact) mass is 382 g/mol. The van der Waals surface area contributed by atoms with Crippen LogP contribution in [0.2, 0.25) is 0 Å². The van der Waals surface area contributed by atoms with Gasteiger partial charge in [0.15, 0.2) is 0 Å². The molecule has 3 rings (SSSR count). The van der Waals surface area contributed by atoms with E-state index in [4.69, 9.17) is 0 Å². The van der Waals surface area contributed by atoms with Crippen LogP contribution in [0.1, 0.15) is 44.9 Å². The third kappa shape index (κ3) is 4.43. The second-order valence-electron chi connectivity index (χ2n) is 7.60. The van der Waals surface area contributed by atoms with E-state index >= 15 is 0 Å². The zero-order chi connectivity index (χ0) is 18.7. The van der Waals surface area contributed by atoms with Crippen LogP contribution in [0.15, 0.2) is 29.2 Å². The Kier molecular flexibility index (Phi) is 5.97. The average molecular weight is 383 g/mol. The molecular formula is C19H27FN2O3S. The lowest BCUT2D eigenvalue weighted by molar-refractivity contribution is -0.122. The van der Waals surface area contributed by atoms with Crippen molar-refractivity contribution in [2.24, 2.45) is 11.8 Å². The highest BCUT2D eigenvalue weighted by Crippen LogP contribution is 2.40. The second kappa shape index (κ2) is 8.05. The summed E-state index contributed by atoms with van der Waals surface area (Å²) in [4.78, 5) is 12.3. The number of halogens is 1. The Balaban J connectivity index is 1.55. The van der Waals surface area contributed by atoms with Crippen molar-refractivity contribution in [3.8, 4) is 0 Å². The smallest absolute Gasteiger partial charge is 0.243 e. The van der Waals surface area contributed by atoms with Gasteiger partial charge in [-0.1, -0.05) is 25.7 Å². The Morgan fingerprint density at radius 2 is 1.77 bits per heavy atom. The van der Waals surface area contributed by atoms with E-state index in [1.807, 2.05) is 0 Å². The lowest BCUT2D eigenvalue weighted by Gasteiger charge is -2.39. The summed E-state index contributed by atoms with van der Waals surface area (Å²) < 4.78 is 39.0. The first-order valence-corrected chi connectivity index (χ1v) is 10.8. The van der Waals surface area contributed by atoms with E-state index in [0.717, 1.165) is 41.6 Å². The van der Waals surface area contributed by atoms with Crippen LogP contribution in [0.3, 0.4) is 0 Å². The molecule has 2 saturated carbocycles. The van der Waals surface area contributed by atoms with Crippen LogP contribution in [0, 0.1) is 17.7 Å². The van der Waals surface area contributed by atoms with Crippen molar-refractivity contribution < 1.29 is 17.6 Å². The van der Waals surface area contributed by atoms with Crippen molar-refractivity contribution in [3.63, 3.8) is 0 Å². The molecule has 7 heteroatoms. The highest BCUT2D eigenvalue weighted by molar-refractivity contribution is 7.89. The van der Waals surface area contributed by atoms with Gasteiger partial charge in [0, 0.05) is 13.1 Å². The standard InChI is InChI=1S/C19H27FN2O3S/c1-22(26(24,25)18-10-7-16(20)8-11-18)13-19(23)21-17-9-6-14-4-2-3-5-15(14)12-17/h7-8,10-11,14-15,17H,2-6,9,12-13H2,1H3,(H,21,23)/t14-,15+,17-/m1/s1. The lowest BCUT2D eigenvalue weighted by atomic mass is 9.69. The van der Waals surface area contributed by atoms with Crippen molar-refractivity contribution in [1.29, 1.82) is 0 Å². The van der Waals surface area contributed by atoms with Gasteiger partial charge in [0.05, 0.1) is 11.4 Å². The molecule has 3 atom stereocenters. The molecule has 1 amide bonds. The number of nitrogens with one attached hydrogen (secondary N) is 1. The van der Waals surface area contributed by atoms with Crippen LogP contribution in [0.5, 0.6) is 0 Å². The zero-order valence-corrected chi connectivity index (χ0v) is 16.0. The molecule has 26 heavy (non-hydrogen) atoms. The maximum absolute atomic E-state index is 13.0. The highest BCUT2D eigenvalue weighted by Gasteiger charge is 2.33. The van der Waals surface area contributed by atoms with Crippen LogP contribution >= 0.6 is 0 Å². The zero-order valence-electron chi connectivity index (χ0n) is 15.2. The van der Waals surface area contributed by atoms with Crippen molar-refractivity contribution in [2.75, 3.05) is 13.6 Å². The molecule has 144 valence electrons. The van der Waals surface area contributed by atoms with E-state index in [1.165, 1.54) is 44.9 Å². The maximum atomic E-state index is 13.0. The number of rotatable bonds is 5. The predicted molar refractivity (Wildman–Crippen MR) is 97.4 cm³/mol. The van der Waals surface area contributed by atoms with Crippen molar-refractivity contribution in [2.45, 2.75) is 55.9 Å². The van der Waals surface area contributed by atoms with Crippen LogP contribution in [0.4, 0.5) is 4.39 Å². The topological polar surface area (TPSA) is 66.5 Å². The fraction of sp³-hybridized carbons (Fsp3) is 0.632. The van der Waals surface area contributed by atoms with Gasteiger partial charge in [-0.25, -0.2) is 12.8 Å². The van der Waals surface area contributed by atoms with E-state index in [0.29, 0.717) is 5.92 Å². The van der Waals surface area contributed by atoms with Crippen molar-refractivity contribution >= 4 is 15.9 Å². The minimum Gasteiger partial charge on any atom is -0.352 e. The SMILES string of the molecule is CN(CC(=O)N[C@@H]1CC[C@H]2CCCC[C@H]2C1)S(=O)(=O)c1ccc(F)cc1. The molecule has 0 unspecified atom stereocenters. The molecule has 0 radical (unpaired) electrons. The summed E-state index contributed by atoms with van der Waals surface area (Å²) in [6, 6.07) is 4.77. The summed E-state index contributed by atoms with van der Waals surface area (Å²) in [5.41, 5.74) is 0. The van der Waals surface area contributed by atoms with Crippen molar-refractivity contribution in [1.82, 2.24) is 9.62 Å². The lowest BCUT2D eigenvalue weighted by Crippen LogP contribution is -2.45. The summed E-state index contributed by atoms with van der Waals surface area (Å²) in [6.45, 7) is -0.232. The minimum atomic E-state index is -3.80. The van der Waals surface area contributed by atoms with Gasteiger partial charge in [-0.15, -0.1) is 0 Å². The van der Waals surface area contributed by atoms with Crippen molar-refractivity contribution in [3.05, 3.63) is 30.1 Å². The Bertz CT molecular complexity index is 736. The van der Waals surface area contributed by atoms with E-state index in [1.54, 1.807) is 0 Å². The van der Waals surface area contributed by atoms with Gasteiger partial charge in [0.1, 0.15) is 5.82 Å². The first kappa shape index (κ1) is 19.3. The minimum absolute atomic E-state index is 0.0167. The summed E-state index contributed by atoms with van der Waals surface area (Å²) in [5, 5.41) is 3.01. The molecule has 1 N–H and O–H groups in total. The molecule has 0 aromatic heterocycles. The van der Waals surface area contributed by atoms with Gasteiger partial charge in [0.2, 0.25) is 15.9 Å². The Morgan fingerprint density at radius 1 is 1.12 bits per heavy atom. The summed E-state index contributed by atoms with van der Waals surface area (Å²) in [5.74, 6) is 0.724. The van der Waals surface area contributed by atoms with Gasteiger partial charge in [-0.2, -0.15) is 4.31 Å². The normalized spacial score (nSPS) is 26.3. The van der Waals surface area contributed by atoms with Gasteiger partial charge >= 0.3 is 0 Å². The Hall–Kier alpha value is -1.47. The summed E-state index contributed by atoms with van der Waals surface area (Å²) in [6.07, 6.45) is 8.29. The molecule has 0 spiro atoms. The molecule has 5 nitrogen and oxygen atoms in total. The average Bonchev–Trinajstić information content (AvgIpc) is 2.61. The third-order valence-corrected chi connectivity index (χ3v) is 7.61. The number of sulfonamides is 1. The quantitative estimate of drug-likeness (QED) is 0.851. The molecule has 0 heterocycles. The first-order chi connectivity index (χ1) is 12.4. The number of amides is 1. The molecule has 0 bridgehead atoms. The predicted octanol–water partition coefficient (Wildman–Crippen LogP) is 2.92. The van der Waals surface area contributed by atoms with Crippen LogP contribution in [0.25, 0.3) is 0 Å². The largest absolute Gasteiger partial charge is 0.352 e. The molecular weight excluding hydrogens is 355 g/mol. The van der Waals surface area contributed by atoms with Crippen LogP contribution in [-0.2, 0) is 14.8 Å². The molecule has 2 aliphatic carbocycles. The molecule has 1 aromatic rings. The first-order valence-electron chi connectivity index (χ1n) is 9.37. The van der Waals surface area contributed by atoms with E-state index in [-0.39, 0.29) is 23.4 Å². The number of hydrogen-bond donors (Lipinski definition) is 1. The fourth-order valence-electron chi connectivity index (χ4n) is 4.35. The van der Waals surface area contributed by atoms with Gasteiger partial charge < -0.3 is 5.32 Å². The fourth-order valence-corrected chi connectivity index (χ4v) is 5.48. The molecule has 1 aromatic carbocycles. The van der Waals surface area contributed by atoms with Gasteiger partial charge in [-0.3, -0.25) is 4.79 Å². The molecule has 2 fully saturated rings. The Labute approximate surface area is 155 Å². The number of hydrogen-bond acceptors (Lipinski definition) is 3. The number of benzene rings is 1. The number of carbonyl (C=O) groups is 1. The van der Waals surface area contributed by atoms with Crippen LogP contribution < -0.4 is 5.32 Å². The molecule has 2 aliphatic rings. The van der Waals surface area contributed by atoms with Gasteiger partial charge in [0.25, 0.3) is 0 Å². The Morgan fingerprint density at radius 3 is 2.46 bits per heavy atom. The highest BCUT2D eigenvalue weighted by atomic mass is 32.2. The number of nitrogens with zero attached hydrogens (tertiary/aromatic N) is 1. The van der Waals surface area contributed by atoms with E-state index < -0.39 is 15.8 Å². The van der Waals surface area contributed by atoms with E-state index in [9.17, 15) is 17.6 Å². The molecule has 0 saturated heterocycles. The number of likely N-dealkylation sites (N-methyl/N-ethyl adjacent to an activating group) is 1. The molecule has 0 aliphatic heterocycles. The van der Waals surface area contributed by atoms with E-state index in [2.05, 4.69) is 5.32 Å². The third-order valence-electron chi connectivity index (χ3n) is 5.79. The summed E-state index contributed by atoms with van der Waals surface area (Å²) in [7, 11) is -2.43.